The van der Waals surface area contributed by atoms with Gasteiger partial charge in [0.1, 0.15) is 0 Å². The summed E-state index contributed by atoms with van der Waals surface area (Å²) in [6.07, 6.45) is 7.56. The lowest BCUT2D eigenvalue weighted by molar-refractivity contribution is 0.0730. The van der Waals surface area contributed by atoms with Gasteiger partial charge in [-0.3, -0.25) is 0 Å². The zero-order valence-corrected chi connectivity index (χ0v) is 8.75. The standard InChI is InChI=1S/C11H21NO/c1-9(2)13-8-11(12)10-6-4-3-5-7-10/h6,9,11H,3-5,7-8,12H2,1-2H3. The highest BCUT2D eigenvalue weighted by molar-refractivity contribution is 5.12. The smallest absolute Gasteiger partial charge is 0.0659 e. The highest BCUT2D eigenvalue weighted by Crippen LogP contribution is 2.19. The van der Waals surface area contributed by atoms with Gasteiger partial charge in [-0.15, -0.1) is 0 Å². The van der Waals surface area contributed by atoms with Crippen LogP contribution in [0.3, 0.4) is 0 Å². The van der Waals surface area contributed by atoms with E-state index in [2.05, 4.69) is 6.08 Å². The molecule has 0 aromatic heterocycles. The number of allylic oxidation sites excluding steroid dienone is 1. The van der Waals surface area contributed by atoms with Crippen molar-refractivity contribution in [2.24, 2.45) is 5.73 Å². The third-order valence-electron chi connectivity index (χ3n) is 2.41. The van der Waals surface area contributed by atoms with Crippen LogP contribution in [-0.4, -0.2) is 18.8 Å². The van der Waals surface area contributed by atoms with Crippen LogP contribution in [0.5, 0.6) is 0 Å². The maximum Gasteiger partial charge on any atom is 0.0659 e. The molecule has 0 radical (unpaired) electrons. The zero-order valence-electron chi connectivity index (χ0n) is 8.75. The second-order valence-electron chi connectivity index (χ2n) is 4.01. The van der Waals surface area contributed by atoms with E-state index in [1.165, 1.54) is 31.3 Å². The molecule has 1 aliphatic rings. The molecule has 1 rings (SSSR count). The molecule has 1 aliphatic carbocycles. The topological polar surface area (TPSA) is 35.2 Å². The molecular formula is C11H21NO. The predicted molar refractivity (Wildman–Crippen MR) is 55.6 cm³/mol. The molecule has 76 valence electrons. The summed E-state index contributed by atoms with van der Waals surface area (Å²) in [5.41, 5.74) is 7.40. The van der Waals surface area contributed by atoms with Gasteiger partial charge in [-0.05, 0) is 39.5 Å². The van der Waals surface area contributed by atoms with Crippen molar-refractivity contribution >= 4 is 0 Å². The van der Waals surface area contributed by atoms with Crippen molar-refractivity contribution in [2.75, 3.05) is 6.61 Å². The largest absolute Gasteiger partial charge is 0.377 e. The van der Waals surface area contributed by atoms with Crippen LogP contribution in [-0.2, 0) is 4.74 Å². The zero-order chi connectivity index (χ0) is 9.68. The quantitative estimate of drug-likeness (QED) is 0.678. The van der Waals surface area contributed by atoms with E-state index in [1.54, 1.807) is 0 Å². The van der Waals surface area contributed by atoms with Crippen molar-refractivity contribution in [1.29, 1.82) is 0 Å². The summed E-state index contributed by atoms with van der Waals surface area (Å²) in [6, 6.07) is 0.127. The van der Waals surface area contributed by atoms with Gasteiger partial charge in [0.2, 0.25) is 0 Å². The van der Waals surface area contributed by atoms with Crippen LogP contribution < -0.4 is 5.73 Å². The van der Waals surface area contributed by atoms with Crippen molar-refractivity contribution in [2.45, 2.75) is 51.7 Å². The van der Waals surface area contributed by atoms with Gasteiger partial charge in [0.25, 0.3) is 0 Å². The summed E-state index contributed by atoms with van der Waals surface area (Å²) in [7, 11) is 0. The first-order valence-electron chi connectivity index (χ1n) is 5.26. The molecule has 0 spiro atoms. The third kappa shape index (κ3) is 3.92. The average molecular weight is 183 g/mol. The van der Waals surface area contributed by atoms with Gasteiger partial charge in [0.05, 0.1) is 12.7 Å². The van der Waals surface area contributed by atoms with E-state index in [9.17, 15) is 0 Å². The first-order chi connectivity index (χ1) is 6.20. The SMILES string of the molecule is CC(C)OCC(N)C1=CCCCC1. The van der Waals surface area contributed by atoms with Crippen LogP contribution in [0.2, 0.25) is 0 Å². The van der Waals surface area contributed by atoms with Crippen molar-refractivity contribution in [1.82, 2.24) is 0 Å². The van der Waals surface area contributed by atoms with Gasteiger partial charge in [0.15, 0.2) is 0 Å². The minimum Gasteiger partial charge on any atom is -0.377 e. The molecule has 2 N–H and O–H groups in total. The molecule has 0 aliphatic heterocycles. The molecule has 1 unspecified atom stereocenters. The molecule has 0 saturated heterocycles. The minimum atomic E-state index is 0.127. The van der Waals surface area contributed by atoms with Crippen molar-refractivity contribution in [3.8, 4) is 0 Å². The van der Waals surface area contributed by atoms with Gasteiger partial charge < -0.3 is 10.5 Å². The maximum absolute atomic E-state index is 6.00. The third-order valence-corrected chi connectivity index (χ3v) is 2.41. The Bertz CT molecular complexity index is 175. The summed E-state index contributed by atoms with van der Waals surface area (Å²) in [5.74, 6) is 0. The van der Waals surface area contributed by atoms with Gasteiger partial charge >= 0.3 is 0 Å². The second-order valence-corrected chi connectivity index (χ2v) is 4.01. The summed E-state index contributed by atoms with van der Waals surface area (Å²) >= 11 is 0. The lowest BCUT2D eigenvalue weighted by atomic mass is 9.95. The van der Waals surface area contributed by atoms with Crippen LogP contribution in [0.15, 0.2) is 11.6 Å². The van der Waals surface area contributed by atoms with E-state index in [4.69, 9.17) is 10.5 Å². The Kier molecular flexibility index (Phi) is 4.46. The summed E-state index contributed by atoms with van der Waals surface area (Å²) in [4.78, 5) is 0. The molecule has 0 heterocycles. The summed E-state index contributed by atoms with van der Waals surface area (Å²) in [6.45, 7) is 4.76. The number of nitrogens with two attached hydrogens (primary N) is 1. The van der Waals surface area contributed by atoms with Gasteiger partial charge in [0, 0.05) is 6.04 Å². The van der Waals surface area contributed by atoms with E-state index in [0.717, 1.165) is 0 Å². The molecule has 0 aromatic carbocycles. The lowest BCUT2D eigenvalue weighted by Gasteiger charge is -2.20. The average Bonchev–Trinajstić information content (AvgIpc) is 2.15. The van der Waals surface area contributed by atoms with E-state index < -0.39 is 0 Å². The Morgan fingerprint density at radius 3 is 2.77 bits per heavy atom. The van der Waals surface area contributed by atoms with E-state index in [1.807, 2.05) is 13.8 Å². The molecule has 2 heteroatoms. The molecule has 0 amide bonds. The fourth-order valence-electron chi connectivity index (χ4n) is 1.60. The van der Waals surface area contributed by atoms with E-state index in [-0.39, 0.29) is 12.1 Å². The second kappa shape index (κ2) is 5.40. The Morgan fingerprint density at radius 1 is 1.46 bits per heavy atom. The molecular weight excluding hydrogens is 162 g/mol. The van der Waals surface area contributed by atoms with E-state index >= 15 is 0 Å². The number of hydrogen-bond acceptors (Lipinski definition) is 2. The fraction of sp³-hybridized carbons (Fsp3) is 0.818. The van der Waals surface area contributed by atoms with E-state index in [0.29, 0.717) is 6.61 Å². The first kappa shape index (κ1) is 10.7. The van der Waals surface area contributed by atoms with Crippen molar-refractivity contribution in [3.63, 3.8) is 0 Å². The Labute approximate surface area is 81.1 Å². The van der Waals surface area contributed by atoms with Gasteiger partial charge in [-0.2, -0.15) is 0 Å². The highest BCUT2D eigenvalue weighted by Gasteiger charge is 2.12. The first-order valence-corrected chi connectivity index (χ1v) is 5.26. The van der Waals surface area contributed by atoms with Crippen LogP contribution in [0.1, 0.15) is 39.5 Å². The number of rotatable bonds is 4. The van der Waals surface area contributed by atoms with Crippen molar-refractivity contribution < 1.29 is 4.74 Å². The minimum absolute atomic E-state index is 0.127. The maximum atomic E-state index is 6.00. The summed E-state index contributed by atoms with van der Waals surface area (Å²) < 4.78 is 5.49. The number of hydrogen-bond donors (Lipinski definition) is 1. The molecule has 2 nitrogen and oxygen atoms in total. The van der Waals surface area contributed by atoms with Crippen molar-refractivity contribution in [3.05, 3.63) is 11.6 Å². The molecule has 0 bridgehead atoms. The van der Waals surface area contributed by atoms with Crippen LogP contribution in [0.25, 0.3) is 0 Å². The molecule has 13 heavy (non-hydrogen) atoms. The summed E-state index contributed by atoms with van der Waals surface area (Å²) in [5, 5.41) is 0. The Balaban J connectivity index is 2.29. The molecule has 0 aromatic rings. The molecule has 0 saturated carbocycles. The highest BCUT2D eigenvalue weighted by atomic mass is 16.5. The van der Waals surface area contributed by atoms with Crippen LogP contribution in [0, 0.1) is 0 Å². The van der Waals surface area contributed by atoms with Crippen LogP contribution in [0.4, 0.5) is 0 Å². The monoisotopic (exact) mass is 183 g/mol. The molecule has 0 fully saturated rings. The number of ether oxygens (including phenoxy) is 1. The predicted octanol–water partition coefficient (Wildman–Crippen LogP) is 2.24. The van der Waals surface area contributed by atoms with Gasteiger partial charge in [-0.1, -0.05) is 11.6 Å². The normalized spacial score (nSPS) is 20.2. The van der Waals surface area contributed by atoms with Crippen LogP contribution >= 0.6 is 0 Å². The molecule has 1 atom stereocenters. The fourth-order valence-corrected chi connectivity index (χ4v) is 1.60. The van der Waals surface area contributed by atoms with Gasteiger partial charge in [-0.25, -0.2) is 0 Å². The lowest BCUT2D eigenvalue weighted by Crippen LogP contribution is -2.30. The Hall–Kier alpha value is -0.340. The Morgan fingerprint density at radius 2 is 2.23 bits per heavy atom.